The van der Waals surface area contributed by atoms with E-state index in [-0.39, 0.29) is 0 Å². The molecule has 0 saturated heterocycles. The third-order valence-electron chi connectivity index (χ3n) is 7.96. The Labute approximate surface area is 226 Å². The van der Waals surface area contributed by atoms with Crippen molar-refractivity contribution in [2.24, 2.45) is 0 Å². The zero-order chi connectivity index (χ0) is 25.9. The maximum atomic E-state index is 2.41. The van der Waals surface area contributed by atoms with E-state index in [0.29, 0.717) is 0 Å². The predicted molar refractivity (Wildman–Crippen MR) is 167 cm³/mol. The van der Waals surface area contributed by atoms with Crippen LogP contribution in [0.15, 0.2) is 133 Å². The van der Waals surface area contributed by atoms with E-state index in [9.17, 15) is 0 Å². The van der Waals surface area contributed by atoms with E-state index >= 15 is 0 Å². The van der Waals surface area contributed by atoms with Crippen LogP contribution in [0.3, 0.4) is 0 Å². The van der Waals surface area contributed by atoms with Gasteiger partial charge in [0.2, 0.25) is 0 Å². The first-order valence-electron chi connectivity index (χ1n) is 13.5. The fraction of sp³-hybridized carbons (Fsp3) is 0.0270. The normalized spacial score (nSPS) is 12.1. The van der Waals surface area contributed by atoms with Crippen LogP contribution < -0.4 is 0 Å². The highest BCUT2D eigenvalue weighted by Crippen LogP contribution is 2.38. The summed E-state index contributed by atoms with van der Waals surface area (Å²) in [7, 11) is 0. The number of nitrogens with zero attached hydrogens (tertiary/aromatic N) is 2. The summed E-state index contributed by atoms with van der Waals surface area (Å²) in [6, 6.07) is 46.5. The van der Waals surface area contributed by atoms with Gasteiger partial charge in [0.25, 0.3) is 0 Å². The second kappa shape index (κ2) is 8.47. The van der Waals surface area contributed by atoms with Gasteiger partial charge < -0.3 is 9.13 Å². The zero-order valence-corrected chi connectivity index (χ0v) is 21.7. The quantitative estimate of drug-likeness (QED) is 0.229. The van der Waals surface area contributed by atoms with E-state index in [1.807, 2.05) is 0 Å². The Hall–Kier alpha value is -5.08. The first-order chi connectivity index (χ1) is 19.3. The van der Waals surface area contributed by atoms with Gasteiger partial charge in [0, 0.05) is 32.9 Å². The summed E-state index contributed by atoms with van der Waals surface area (Å²) in [5.74, 6) is 0. The summed E-state index contributed by atoms with van der Waals surface area (Å²) >= 11 is 0. The van der Waals surface area contributed by atoms with Crippen LogP contribution in [0.1, 0.15) is 12.5 Å². The number of benzene rings is 6. The maximum absolute atomic E-state index is 2.41. The van der Waals surface area contributed by atoms with E-state index < -0.39 is 0 Å². The highest BCUT2D eigenvalue weighted by atomic mass is 15.0. The van der Waals surface area contributed by atoms with Crippen molar-refractivity contribution in [3.8, 4) is 11.4 Å². The molecule has 0 aliphatic rings. The average Bonchev–Trinajstić information content (AvgIpc) is 3.49. The number of rotatable bonds is 3. The first kappa shape index (κ1) is 22.0. The van der Waals surface area contributed by atoms with E-state index in [1.165, 1.54) is 71.3 Å². The van der Waals surface area contributed by atoms with E-state index in [2.05, 4.69) is 156 Å². The summed E-state index contributed by atoms with van der Waals surface area (Å²) in [4.78, 5) is 0. The molecule has 0 saturated carbocycles. The van der Waals surface area contributed by atoms with Gasteiger partial charge >= 0.3 is 0 Å². The molecule has 0 aliphatic heterocycles. The van der Waals surface area contributed by atoms with Crippen molar-refractivity contribution in [2.75, 3.05) is 0 Å². The summed E-state index contributed by atoms with van der Waals surface area (Å²) in [5.41, 5.74) is 8.45. The minimum absolute atomic E-state index is 1.17. The number of para-hydroxylation sites is 2. The maximum Gasteiger partial charge on any atom is 0.0547 e. The van der Waals surface area contributed by atoms with E-state index in [0.717, 1.165) is 0 Å². The Morgan fingerprint density at radius 1 is 0.436 bits per heavy atom. The molecule has 6 aromatic carbocycles. The van der Waals surface area contributed by atoms with Crippen molar-refractivity contribution in [1.82, 2.24) is 9.13 Å². The van der Waals surface area contributed by atoms with Crippen molar-refractivity contribution in [2.45, 2.75) is 6.92 Å². The third-order valence-corrected chi connectivity index (χ3v) is 7.96. The van der Waals surface area contributed by atoms with Gasteiger partial charge in [-0.15, -0.1) is 0 Å². The number of hydrogen-bond donors (Lipinski definition) is 0. The van der Waals surface area contributed by atoms with Gasteiger partial charge in [-0.1, -0.05) is 84.9 Å². The molecule has 0 radical (unpaired) electrons. The molecule has 2 aromatic heterocycles. The van der Waals surface area contributed by atoms with Gasteiger partial charge in [0.1, 0.15) is 0 Å². The molecule has 2 nitrogen and oxygen atoms in total. The Morgan fingerprint density at radius 3 is 1.67 bits per heavy atom. The van der Waals surface area contributed by atoms with Gasteiger partial charge in [-0.3, -0.25) is 0 Å². The minimum Gasteiger partial charge on any atom is -0.309 e. The molecule has 0 N–H and O–H groups in total. The molecule has 0 aliphatic carbocycles. The number of aromatic nitrogens is 2. The molecule has 39 heavy (non-hydrogen) atoms. The summed E-state index contributed by atoms with van der Waals surface area (Å²) in [6.45, 7) is 2.06. The molecule has 2 heteroatoms. The highest BCUT2D eigenvalue weighted by Gasteiger charge is 2.17. The lowest BCUT2D eigenvalue weighted by Gasteiger charge is -2.10. The van der Waals surface area contributed by atoms with Gasteiger partial charge in [-0.2, -0.15) is 0 Å². The molecule has 0 fully saturated rings. The molecule has 0 bridgehead atoms. The number of allylic oxidation sites excluding steroid dienone is 1. The Morgan fingerprint density at radius 2 is 0.974 bits per heavy atom. The summed E-state index contributed by atoms with van der Waals surface area (Å²) < 4.78 is 4.81. The van der Waals surface area contributed by atoms with Crippen LogP contribution in [0.4, 0.5) is 0 Å². The average molecular weight is 499 g/mol. The van der Waals surface area contributed by atoms with Crippen LogP contribution in [0.2, 0.25) is 0 Å². The molecule has 184 valence electrons. The molecule has 8 aromatic rings. The number of fused-ring (bicyclic) bond motifs is 7. The van der Waals surface area contributed by atoms with Crippen molar-refractivity contribution >= 4 is 60.5 Å². The zero-order valence-electron chi connectivity index (χ0n) is 21.7. The SMILES string of the molecule is C/C=C/c1ccc(-n2c3ccc(-n4c5ccccc5c5ccccc54)cc3c3cc4ccccc4cc32)cc1. The topological polar surface area (TPSA) is 9.86 Å². The van der Waals surface area contributed by atoms with E-state index in [4.69, 9.17) is 0 Å². The van der Waals surface area contributed by atoms with Crippen LogP contribution in [0.25, 0.3) is 71.8 Å². The van der Waals surface area contributed by atoms with Crippen molar-refractivity contribution < 1.29 is 0 Å². The third kappa shape index (κ3) is 3.28. The first-order valence-corrected chi connectivity index (χ1v) is 13.5. The largest absolute Gasteiger partial charge is 0.309 e. The molecule has 0 atom stereocenters. The van der Waals surface area contributed by atoms with Crippen LogP contribution in [-0.2, 0) is 0 Å². The molecular formula is C37H26N2. The molecule has 0 unspecified atom stereocenters. The lowest BCUT2D eigenvalue weighted by atomic mass is 10.1. The highest BCUT2D eigenvalue weighted by molar-refractivity contribution is 6.15. The van der Waals surface area contributed by atoms with Gasteiger partial charge in [0.05, 0.1) is 22.1 Å². The van der Waals surface area contributed by atoms with Crippen molar-refractivity contribution in [3.63, 3.8) is 0 Å². The van der Waals surface area contributed by atoms with Gasteiger partial charge in [0.15, 0.2) is 0 Å². The van der Waals surface area contributed by atoms with Crippen molar-refractivity contribution in [3.05, 3.63) is 139 Å². The molecule has 8 rings (SSSR count). The fourth-order valence-corrected chi connectivity index (χ4v) is 6.24. The van der Waals surface area contributed by atoms with Crippen LogP contribution >= 0.6 is 0 Å². The number of hydrogen-bond acceptors (Lipinski definition) is 0. The molecule has 0 spiro atoms. The molecule has 2 heterocycles. The summed E-state index contributed by atoms with van der Waals surface area (Å²) in [5, 5.41) is 7.60. The molecular weight excluding hydrogens is 472 g/mol. The smallest absolute Gasteiger partial charge is 0.0547 e. The predicted octanol–water partition coefficient (Wildman–Crippen LogP) is 10.1. The van der Waals surface area contributed by atoms with Crippen molar-refractivity contribution in [1.29, 1.82) is 0 Å². The summed E-state index contributed by atoms with van der Waals surface area (Å²) in [6.07, 6.45) is 4.22. The monoisotopic (exact) mass is 498 g/mol. The lowest BCUT2D eigenvalue weighted by Crippen LogP contribution is -1.96. The second-order valence-electron chi connectivity index (χ2n) is 10.2. The Bertz CT molecular complexity index is 2170. The minimum atomic E-state index is 1.17. The van der Waals surface area contributed by atoms with Crippen LogP contribution in [0, 0.1) is 0 Å². The fourth-order valence-electron chi connectivity index (χ4n) is 6.24. The Balaban J connectivity index is 1.46. The lowest BCUT2D eigenvalue weighted by molar-refractivity contribution is 1.17. The van der Waals surface area contributed by atoms with Gasteiger partial charge in [-0.25, -0.2) is 0 Å². The Kier molecular flexibility index (Phi) is 4.77. The molecule has 0 amide bonds. The van der Waals surface area contributed by atoms with Crippen LogP contribution in [0.5, 0.6) is 0 Å². The van der Waals surface area contributed by atoms with Crippen LogP contribution in [-0.4, -0.2) is 9.13 Å². The standard InChI is InChI=1S/C37H26N2/c1-2-9-25-16-18-28(19-17-25)38-36-21-20-29(24-33(36)32-22-26-10-3-4-11-27(26)23-37(32)38)39-34-14-7-5-12-30(34)31-13-6-8-15-35(31)39/h2-24H,1H3/b9-2+. The second-order valence-corrected chi connectivity index (χ2v) is 10.2. The van der Waals surface area contributed by atoms with E-state index in [1.54, 1.807) is 0 Å². The van der Waals surface area contributed by atoms with Gasteiger partial charge in [-0.05, 0) is 77.9 Å².